The molecule has 2 aliphatic heterocycles. The molecule has 0 bridgehead atoms. The lowest BCUT2D eigenvalue weighted by Crippen LogP contribution is -2.35. The molecule has 240 valence electrons. The Labute approximate surface area is 271 Å². The Balaban J connectivity index is 1.16. The molecule has 46 heavy (non-hydrogen) atoms. The van der Waals surface area contributed by atoms with Gasteiger partial charge in [-0.3, -0.25) is 9.80 Å². The van der Waals surface area contributed by atoms with Crippen molar-refractivity contribution in [2.45, 2.75) is 37.8 Å². The zero-order valence-electron chi connectivity index (χ0n) is 27.5. The van der Waals surface area contributed by atoms with Crippen LogP contribution in [0.1, 0.15) is 45.5 Å². The topological polar surface area (TPSA) is 72.9 Å². The third kappa shape index (κ3) is 5.10. The average Bonchev–Trinajstić information content (AvgIpc) is 3.07. The number of nitrogens with zero attached hydrogens (tertiary/aromatic N) is 2. The van der Waals surface area contributed by atoms with E-state index in [2.05, 4.69) is 54.2 Å². The number of rotatable bonds is 8. The molecule has 0 amide bonds. The summed E-state index contributed by atoms with van der Waals surface area (Å²) in [4.78, 5) is 4.81. The third-order valence-electron chi connectivity index (χ3n) is 10.1. The minimum atomic E-state index is 0.0916. The number of phenolic OH excluding ortho intramolecular Hbond substituents is 1. The predicted molar refractivity (Wildman–Crippen MR) is 178 cm³/mol. The summed E-state index contributed by atoms with van der Waals surface area (Å²) in [5, 5.41) is 11.2. The van der Waals surface area contributed by atoms with Crippen molar-refractivity contribution < 1.29 is 28.8 Å². The van der Waals surface area contributed by atoms with Crippen LogP contribution in [0.2, 0.25) is 0 Å². The molecule has 0 saturated heterocycles. The molecule has 0 spiro atoms. The van der Waals surface area contributed by atoms with E-state index in [1.54, 1.807) is 28.4 Å². The first-order valence-electron chi connectivity index (χ1n) is 15.9. The molecular formula is C38H42N2O6. The van der Waals surface area contributed by atoms with Crippen molar-refractivity contribution in [3.63, 3.8) is 0 Å². The number of likely N-dealkylation sites (N-methyl/N-ethyl adjacent to an activating group) is 2. The summed E-state index contributed by atoms with van der Waals surface area (Å²) in [5.41, 5.74) is 9.41. The molecule has 0 aromatic heterocycles. The first-order chi connectivity index (χ1) is 22.3. The number of fused-ring (bicyclic) bond motifs is 3. The molecular weight excluding hydrogens is 580 g/mol. The summed E-state index contributed by atoms with van der Waals surface area (Å²) in [7, 11) is 11.1. The van der Waals surface area contributed by atoms with E-state index in [0.29, 0.717) is 23.0 Å². The molecule has 1 N–H and O–H groups in total. The molecule has 4 aromatic carbocycles. The molecule has 8 nitrogen and oxygen atoms in total. The highest BCUT2D eigenvalue weighted by molar-refractivity contribution is 5.85. The van der Waals surface area contributed by atoms with E-state index in [4.69, 9.17) is 23.7 Å². The van der Waals surface area contributed by atoms with Crippen LogP contribution < -0.4 is 23.7 Å². The van der Waals surface area contributed by atoms with Crippen LogP contribution >= 0.6 is 0 Å². The molecule has 2 heterocycles. The Morgan fingerprint density at radius 3 is 2.09 bits per heavy atom. The highest BCUT2D eigenvalue weighted by Gasteiger charge is 2.37. The van der Waals surface area contributed by atoms with Crippen LogP contribution in [0, 0.1) is 0 Å². The lowest BCUT2D eigenvalue weighted by atomic mass is 9.76. The predicted octanol–water partition coefficient (Wildman–Crippen LogP) is 6.74. The highest BCUT2D eigenvalue weighted by atomic mass is 16.5. The lowest BCUT2D eigenvalue weighted by Gasteiger charge is -2.40. The van der Waals surface area contributed by atoms with Gasteiger partial charge in [0, 0.05) is 30.7 Å². The third-order valence-corrected chi connectivity index (χ3v) is 10.1. The standard InChI is InChI=1S/C38H42N2O6/c1-39-13-11-23-17-33(42-3)34(43-4)21-27(23)29(39)15-22-7-9-26(10-8-22)46-32-19-25-16-30-36-24(12-14-40(30)2)18-35(44-5)38(45-6)37(36)28(25)20-31(32)41/h7-10,17-21,29-30,41H,11-16H2,1-6H3/t29-,30+/m0/s1. The van der Waals surface area contributed by atoms with Gasteiger partial charge in [0.2, 0.25) is 0 Å². The average molecular weight is 623 g/mol. The smallest absolute Gasteiger partial charge is 0.169 e. The van der Waals surface area contributed by atoms with Gasteiger partial charge in [-0.1, -0.05) is 12.1 Å². The van der Waals surface area contributed by atoms with Crippen LogP contribution in [0.4, 0.5) is 0 Å². The molecule has 7 rings (SSSR count). The first-order valence-corrected chi connectivity index (χ1v) is 15.9. The quantitative estimate of drug-likeness (QED) is 0.232. The van der Waals surface area contributed by atoms with Gasteiger partial charge in [0.25, 0.3) is 0 Å². The van der Waals surface area contributed by atoms with E-state index in [-0.39, 0.29) is 17.8 Å². The Morgan fingerprint density at radius 1 is 0.717 bits per heavy atom. The van der Waals surface area contributed by atoms with Gasteiger partial charge in [-0.05, 0) is 121 Å². The van der Waals surface area contributed by atoms with Gasteiger partial charge in [0.15, 0.2) is 34.5 Å². The second kappa shape index (κ2) is 12.1. The fourth-order valence-corrected chi connectivity index (χ4v) is 7.61. The van der Waals surface area contributed by atoms with Gasteiger partial charge >= 0.3 is 0 Å². The molecule has 8 heteroatoms. The summed E-state index contributed by atoms with van der Waals surface area (Å²) in [6.45, 7) is 1.95. The summed E-state index contributed by atoms with van der Waals surface area (Å²) < 4.78 is 29.1. The minimum absolute atomic E-state index is 0.0916. The SMILES string of the molecule is COc1cc2c(cc1OC)[C@H](Cc1ccc(Oc3cc4c(cc3O)-c3c(OC)c(OC)cc5c3[C@@H](C4)N(C)CC5)cc1)N(C)CC2. The van der Waals surface area contributed by atoms with Gasteiger partial charge < -0.3 is 28.8 Å². The Kier molecular flexibility index (Phi) is 7.95. The molecule has 0 unspecified atom stereocenters. The fourth-order valence-electron chi connectivity index (χ4n) is 7.61. The van der Waals surface area contributed by atoms with Crippen molar-refractivity contribution >= 4 is 0 Å². The molecule has 3 aliphatic rings. The highest BCUT2D eigenvalue weighted by Crippen LogP contribution is 2.54. The normalized spacial score (nSPS) is 18.7. The summed E-state index contributed by atoms with van der Waals surface area (Å²) in [6, 6.07) is 18.8. The van der Waals surface area contributed by atoms with E-state index < -0.39 is 0 Å². The van der Waals surface area contributed by atoms with E-state index >= 15 is 0 Å². The number of phenols is 1. The molecule has 0 fully saturated rings. The van der Waals surface area contributed by atoms with E-state index in [0.717, 1.165) is 67.0 Å². The van der Waals surface area contributed by atoms with Crippen LogP contribution in [0.5, 0.6) is 40.2 Å². The zero-order chi connectivity index (χ0) is 32.1. The minimum Gasteiger partial charge on any atom is -0.504 e. The lowest BCUT2D eigenvalue weighted by molar-refractivity contribution is 0.226. The van der Waals surface area contributed by atoms with Crippen molar-refractivity contribution in [3.05, 3.63) is 88.0 Å². The maximum Gasteiger partial charge on any atom is 0.169 e. The van der Waals surface area contributed by atoms with Gasteiger partial charge in [-0.25, -0.2) is 0 Å². The molecule has 2 atom stereocenters. The first kappa shape index (κ1) is 30.3. The number of hydrogen-bond acceptors (Lipinski definition) is 8. The van der Waals surface area contributed by atoms with Crippen LogP contribution in [0.15, 0.2) is 54.6 Å². The summed E-state index contributed by atoms with van der Waals surface area (Å²) >= 11 is 0. The maximum absolute atomic E-state index is 11.2. The molecule has 4 aromatic rings. The van der Waals surface area contributed by atoms with E-state index in [1.165, 1.54) is 27.8 Å². The van der Waals surface area contributed by atoms with Crippen molar-refractivity contribution in [1.29, 1.82) is 0 Å². The second-order valence-corrected chi connectivity index (χ2v) is 12.6. The second-order valence-electron chi connectivity index (χ2n) is 12.6. The van der Waals surface area contributed by atoms with Gasteiger partial charge in [0.1, 0.15) is 5.75 Å². The summed E-state index contributed by atoms with van der Waals surface area (Å²) in [6.07, 6.45) is 3.60. The van der Waals surface area contributed by atoms with Gasteiger partial charge in [-0.15, -0.1) is 0 Å². The molecule has 0 radical (unpaired) electrons. The Hall–Kier alpha value is -4.40. The maximum atomic E-state index is 11.2. The number of hydrogen-bond donors (Lipinski definition) is 1. The Bertz CT molecular complexity index is 1790. The van der Waals surface area contributed by atoms with Crippen molar-refractivity contribution in [1.82, 2.24) is 9.80 Å². The van der Waals surface area contributed by atoms with Crippen LogP contribution in [0.25, 0.3) is 11.1 Å². The van der Waals surface area contributed by atoms with Gasteiger partial charge in [-0.2, -0.15) is 0 Å². The number of ether oxygens (including phenoxy) is 5. The van der Waals surface area contributed by atoms with Crippen molar-refractivity contribution in [3.8, 4) is 51.4 Å². The van der Waals surface area contributed by atoms with Crippen molar-refractivity contribution in [2.24, 2.45) is 0 Å². The van der Waals surface area contributed by atoms with Crippen LogP contribution in [0.3, 0.4) is 0 Å². The summed E-state index contributed by atoms with van der Waals surface area (Å²) in [5.74, 6) is 4.16. The monoisotopic (exact) mass is 622 g/mol. The number of benzene rings is 4. The number of aromatic hydroxyl groups is 1. The van der Waals surface area contributed by atoms with E-state index in [1.807, 2.05) is 24.3 Å². The Morgan fingerprint density at radius 2 is 1.37 bits per heavy atom. The largest absolute Gasteiger partial charge is 0.504 e. The van der Waals surface area contributed by atoms with Crippen LogP contribution in [-0.2, 0) is 25.7 Å². The molecule has 0 saturated carbocycles. The van der Waals surface area contributed by atoms with Gasteiger partial charge in [0.05, 0.1) is 28.4 Å². The van der Waals surface area contributed by atoms with Crippen LogP contribution in [-0.4, -0.2) is 70.5 Å². The van der Waals surface area contributed by atoms with E-state index in [9.17, 15) is 5.11 Å². The number of methoxy groups -OCH3 is 4. The van der Waals surface area contributed by atoms with Crippen molar-refractivity contribution in [2.75, 3.05) is 55.6 Å². The molecule has 1 aliphatic carbocycles. The zero-order valence-corrected chi connectivity index (χ0v) is 27.5. The fraction of sp³-hybridized carbons (Fsp3) is 0.368.